The van der Waals surface area contributed by atoms with Crippen LogP contribution in [0.25, 0.3) is 0 Å². The van der Waals surface area contributed by atoms with E-state index in [4.69, 9.17) is 21.5 Å². The fraction of sp³-hybridized carbons (Fsp3) is 0.188. The lowest BCUT2D eigenvalue weighted by Crippen LogP contribution is -2.40. The number of hydrogen-bond donors (Lipinski definition) is 6. The zero-order valence-electron chi connectivity index (χ0n) is 27.3. The van der Waals surface area contributed by atoms with Crippen LogP contribution in [0.15, 0.2) is 82.7 Å². The summed E-state index contributed by atoms with van der Waals surface area (Å²) in [6, 6.07) is 16.1. The van der Waals surface area contributed by atoms with Crippen LogP contribution in [0.5, 0.6) is 6.01 Å². The van der Waals surface area contributed by atoms with Crippen LogP contribution in [0.3, 0.4) is 0 Å². The van der Waals surface area contributed by atoms with Gasteiger partial charge in [0.15, 0.2) is 6.61 Å². The molecule has 3 aromatic carbocycles. The number of carbonyl (C=O) groups is 4. The van der Waals surface area contributed by atoms with Crippen LogP contribution in [0, 0.1) is 0 Å². The fourth-order valence-corrected chi connectivity index (χ4v) is 5.25. The number of carbonyl (C=O) groups excluding carboxylic acids is 3. The molecule has 4 aromatic rings. The van der Waals surface area contributed by atoms with E-state index in [1.54, 1.807) is 24.3 Å². The van der Waals surface area contributed by atoms with E-state index in [0.717, 1.165) is 17.7 Å². The van der Waals surface area contributed by atoms with Crippen molar-refractivity contribution in [2.45, 2.75) is 29.5 Å². The molecule has 0 saturated heterocycles. The van der Waals surface area contributed by atoms with Gasteiger partial charge in [-0.3, -0.25) is 14.4 Å². The number of carboxylic acids is 1. The largest absolute Gasteiger partial charge is 0.477 e. The number of hydrogen-bond acceptors (Lipinski definition) is 12. The Balaban J connectivity index is 1.24. The van der Waals surface area contributed by atoms with E-state index in [1.165, 1.54) is 36.4 Å². The molecule has 54 heavy (non-hydrogen) atoms. The molecule has 5 rings (SSSR count). The van der Waals surface area contributed by atoms with Crippen LogP contribution in [-0.4, -0.2) is 77.2 Å². The Kier molecular flexibility index (Phi) is 11.4. The number of alkyl halides is 3. The van der Waals surface area contributed by atoms with Gasteiger partial charge in [-0.05, 0) is 79.1 Å². The van der Waals surface area contributed by atoms with Gasteiger partial charge in [-0.25, -0.2) is 23.3 Å². The summed E-state index contributed by atoms with van der Waals surface area (Å²) in [5.74, 6) is -5.51. The summed E-state index contributed by atoms with van der Waals surface area (Å²) in [6.45, 7) is -2.49. The number of halogens is 4. The first-order valence-electron chi connectivity index (χ1n) is 15.3. The van der Waals surface area contributed by atoms with Gasteiger partial charge in [-0.2, -0.15) is 28.1 Å². The van der Waals surface area contributed by atoms with Gasteiger partial charge in [0.1, 0.15) is 5.71 Å². The zero-order valence-corrected chi connectivity index (χ0v) is 28.9. The van der Waals surface area contributed by atoms with Crippen LogP contribution in [0.2, 0.25) is 5.02 Å². The van der Waals surface area contributed by atoms with E-state index in [9.17, 15) is 45.9 Å². The molecule has 22 heteroatoms. The fourth-order valence-electron chi connectivity index (χ4n) is 4.61. The van der Waals surface area contributed by atoms with Gasteiger partial charge in [0, 0.05) is 22.0 Å². The second-order valence-electron chi connectivity index (χ2n) is 11.5. The summed E-state index contributed by atoms with van der Waals surface area (Å²) >= 11 is 6.00. The summed E-state index contributed by atoms with van der Waals surface area (Å²) in [7, 11) is -3.99. The summed E-state index contributed by atoms with van der Waals surface area (Å²) in [5, 5.41) is 25.2. The second kappa shape index (κ2) is 15.8. The number of nitrogens with zero attached hydrogens (tertiary/aromatic N) is 4. The maximum absolute atomic E-state index is 12.9. The Morgan fingerprint density at radius 2 is 1.50 bits per heavy atom. The molecule has 1 aromatic heterocycles. The molecule has 17 nitrogen and oxygen atoms in total. The summed E-state index contributed by atoms with van der Waals surface area (Å²) in [6.07, 6.45) is -3.32. The number of benzene rings is 3. The number of nitrogens with one attached hydrogen (secondary N) is 4. The lowest BCUT2D eigenvalue weighted by Gasteiger charge is -2.19. The third-order valence-electron chi connectivity index (χ3n) is 7.41. The highest BCUT2D eigenvalue weighted by Gasteiger charge is 2.45. The SMILES string of the molecule is NS(=O)(=O)c1ccc(NC(=O)C(=O)NCC(=NC(=O)c2ccc(Nc3nc(NC4(c5ccc(Cl)cc5)CC4)nc(OCC(F)(F)F)n3)cc2)C(=O)O)cc1. The predicted molar refractivity (Wildman–Crippen MR) is 186 cm³/mol. The summed E-state index contributed by atoms with van der Waals surface area (Å²) < 4.78 is 66.3. The molecule has 3 amide bonds. The van der Waals surface area contributed by atoms with Crippen molar-refractivity contribution >= 4 is 74.3 Å². The number of nitrogens with two attached hydrogens (primary N) is 1. The first-order valence-corrected chi connectivity index (χ1v) is 17.3. The molecule has 0 bridgehead atoms. The van der Waals surface area contributed by atoms with Crippen molar-refractivity contribution in [3.05, 3.63) is 88.9 Å². The number of ether oxygens (including phenoxy) is 1. The maximum Gasteiger partial charge on any atom is 0.422 e. The van der Waals surface area contributed by atoms with E-state index in [0.29, 0.717) is 17.9 Å². The minimum absolute atomic E-state index is 0.0337. The predicted octanol–water partition coefficient (Wildman–Crippen LogP) is 3.38. The molecule has 0 spiro atoms. The van der Waals surface area contributed by atoms with Gasteiger partial charge in [0.25, 0.3) is 5.91 Å². The van der Waals surface area contributed by atoms with Crippen LogP contribution in [0.4, 0.5) is 36.4 Å². The number of aromatic nitrogens is 3. The van der Waals surface area contributed by atoms with Gasteiger partial charge in [-0.1, -0.05) is 23.7 Å². The molecule has 0 aliphatic heterocycles. The highest BCUT2D eigenvalue weighted by Crippen LogP contribution is 2.48. The standard InChI is InChI=1S/C32H27ClF3N9O8S/c33-19-5-3-18(4-6-19)31(13-14-31)45-29-42-28(43-30(44-29)53-16-32(34,35)36)40-21-7-1-17(2-8-21)24(46)41-23(27(49)50)15-38-25(47)26(48)39-20-9-11-22(12-10-20)54(37,51)52/h1-12H,13-16H2,(H,38,47)(H,39,48)(H,49,50)(H2,37,51,52)(H2,40,42,43,44,45). The van der Waals surface area contributed by atoms with E-state index >= 15 is 0 Å². The molecule has 1 heterocycles. The lowest BCUT2D eigenvalue weighted by atomic mass is 10.1. The highest BCUT2D eigenvalue weighted by atomic mass is 35.5. The molecular weight excluding hydrogens is 763 g/mol. The van der Waals surface area contributed by atoms with Crippen molar-refractivity contribution in [3.63, 3.8) is 0 Å². The molecule has 0 radical (unpaired) electrons. The normalized spacial score (nSPS) is 13.7. The minimum atomic E-state index is -4.67. The van der Waals surface area contributed by atoms with Crippen molar-refractivity contribution in [1.29, 1.82) is 0 Å². The van der Waals surface area contributed by atoms with Crippen molar-refractivity contribution in [1.82, 2.24) is 20.3 Å². The molecule has 282 valence electrons. The van der Waals surface area contributed by atoms with E-state index in [1.807, 2.05) is 5.32 Å². The Morgan fingerprint density at radius 1 is 0.889 bits per heavy atom. The van der Waals surface area contributed by atoms with Crippen LogP contribution in [0.1, 0.15) is 28.8 Å². The summed E-state index contributed by atoms with van der Waals surface area (Å²) in [4.78, 5) is 64.5. The van der Waals surface area contributed by atoms with Crippen LogP contribution in [-0.2, 0) is 29.9 Å². The Labute approximate surface area is 308 Å². The number of sulfonamides is 1. The molecule has 1 aliphatic rings. The van der Waals surface area contributed by atoms with Crippen molar-refractivity contribution in [2.24, 2.45) is 10.1 Å². The number of carboxylic acid groups (broad SMARTS) is 1. The van der Waals surface area contributed by atoms with Gasteiger partial charge < -0.3 is 31.1 Å². The minimum Gasteiger partial charge on any atom is -0.477 e. The number of primary sulfonamides is 1. The molecular formula is C32H27ClF3N9O8S. The zero-order chi connectivity index (χ0) is 39.3. The molecule has 0 unspecified atom stereocenters. The summed E-state index contributed by atoms with van der Waals surface area (Å²) in [5.41, 5.74) is -0.365. The van der Waals surface area contributed by atoms with Gasteiger partial charge in [0.05, 0.1) is 17.0 Å². The van der Waals surface area contributed by atoms with Gasteiger partial charge >= 0.3 is 30.0 Å². The molecule has 0 atom stereocenters. The third-order valence-corrected chi connectivity index (χ3v) is 8.59. The average molecular weight is 790 g/mol. The Hall–Kier alpha value is -6.19. The Bertz CT molecular complexity index is 2220. The number of aliphatic carboxylic acids is 1. The smallest absolute Gasteiger partial charge is 0.422 e. The van der Waals surface area contributed by atoms with Crippen molar-refractivity contribution < 1.29 is 50.6 Å². The first-order chi connectivity index (χ1) is 25.4. The average Bonchev–Trinajstić information content (AvgIpc) is 3.89. The number of amides is 3. The van der Waals surface area contributed by atoms with E-state index in [-0.39, 0.29) is 33.7 Å². The second-order valence-corrected chi connectivity index (χ2v) is 13.5. The quantitative estimate of drug-likeness (QED) is 0.0840. The monoisotopic (exact) mass is 789 g/mol. The van der Waals surface area contributed by atoms with E-state index < -0.39 is 70.3 Å². The Morgan fingerprint density at radius 3 is 2.07 bits per heavy atom. The first kappa shape index (κ1) is 39.0. The van der Waals surface area contributed by atoms with Gasteiger partial charge in [-0.15, -0.1) is 0 Å². The highest BCUT2D eigenvalue weighted by molar-refractivity contribution is 7.89. The van der Waals surface area contributed by atoms with E-state index in [2.05, 4.69) is 35.9 Å². The molecule has 1 fully saturated rings. The van der Waals surface area contributed by atoms with Crippen molar-refractivity contribution in [2.75, 3.05) is 29.1 Å². The topological polar surface area (TPSA) is 257 Å². The molecule has 1 saturated carbocycles. The number of anilines is 4. The molecule has 1 aliphatic carbocycles. The lowest BCUT2D eigenvalue weighted by molar-refractivity contribution is -0.154. The van der Waals surface area contributed by atoms with Crippen molar-refractivity contribution in [3.8, 4) is 6.01 Å². The number of aliphatic imine (C=N–C) groups is 1. The number of rotatable bonds is 13. The van der Waals surface area contributed by atoms with Crippen LogP contribution < -0.4 is 31.1 Å². The van der Waals surface area contributed by atoms with Crippen LogP contribution >= 0.6 is 11.6 Å². The third kappa shape index (κ3) is 10.7. The maximum atomic E-state index is 12.9. The van der Waals surface area contributed by atoms with Gasteiger partial charge in [0.2, 0.25) is 21.9 Å². The molecule has 7 N–H and O–H groups in total.